The monoisotopic (exact) mass is 295 g/mol. The number of carbonyl (C=O) groups is 3. The van der Waals surface area contributed by atoms with Gasteiger partial charge in [0.25, 0.3) is 11.6 Å². The Kier molecular flexibility index (Phi) is 5.35. The Morgan fingerprint density at radius 2 is 2.05 bits per heavy atom. The topological polar surface area (TPSA) is 153 Å². The van der Waals surface area contributed by atoms with Gasteiger partial charge in [0.05, 0.1) is 4.92 Å². The molecule has 0 fully saturated rings. The van der Waals surface area contributed by atoms with Crippen LogP contribution in [0.3, 0.4) is 0 Å². The SMILES string of the molecule is NC(=O)[C@H](CCC(=O)O)NC(=O)c1cccc([N+](=O)[O-])c1. The molecule has 9 heteroatoms. The molecular formula is C12H13N3O6. The predicted molar refractivity (Wildman–Crippen MR) is 70.4 cm³/mol. The molecule has 2 amide bonds. The minimum absolute atomic E-state index is 0.0224. The number of aliphatic carboxylic acids is 1. The van der Waals surface area contributed by atoms with Crippen molar-refractivity contribution in [3.05, 3.63) is 39.9 Å². The van der Waals surface area contributed by atoms with E-state index in [1.54, 1.807) is 0 Å². The molecule has 21 heavy (non-hydrogen) atoms. The van der Waals surface area contributed by atoms with Gasteiger partial charge in [-0.05, 0) is 12.5 Å². The first-order valence-electron chi connectivity index (χ1n) is 5.87. The zero-order valence-electron chi connectivity index (χ0n) is 10.8. The number of hydrogen-bond acceptors (Lipinski definition) is 5. The van der Waals surface area contributed by atoms with Crippen molar-refractivity contribution in [3.63, 3.8) is 0 Å². The molecule has 1 aromatic carbocycles. The van der Waals surface area contributed by atoms with Crippen LogP contribution in [0, 0.1) is 10.1 Å². The highest BCUT2D eigenvalue weighted by molar-refractivity contribution is 5.97. The van der Waals surface area contributed by atoms with Gasteiger partial charge in [0.15, 0.2) is 0 Å². The van der Waals surface area contributed by atoms with Crippen molar-refractivity contribution in [2.24, 2.45) is 5.73 Å². The number of benzene rings is 1. The van der Waals surface area contributed by atoms with Gasteiger partial charge in [-0.3, -0.25) is 24.5 Å². The Balaban J connectivity index is 2.82. The van der Waals surface area contributed by atoms with E-state index in [2.05, 4.69) is 5.32 Å². The highest BCUT2D eigenvalue weighted by Crippen LogP contribution is 2.13. The number of nitro groups is 1. The summed E-state index contributed by atoms with van der Waals surface area (Å²) in [7, 11) is 0. The second kappa shape index (κ2) is 6.98. The first kappa shape index (κ1) is 16.1. The smallest absolute Gasteiger partial charge is 0.303 e. The van der Waals surface area contributed by atoms with Crippen LogP contribution in [-0.4, -0.2) is 33.9 Å². The van der Waals surface area contributed by atoms with E-state index in [9.17, 15) is 24.5 Å². The van der Waals surface area contributed by atoms with Gasteiger partial charge >= 0.3 is 5.97 Å². The van der Waals surface area contributed by atoms with Crippen LogP contribution in [0.2, 0.25) is 0 Å². The minimum atomic E-state index is -1.16. The molecule has 1 aromatic rings. The summed E-state index contributed by atoms with van der Waals surface area (Å²) in [6.45, 7) is 0. The van der Waals surface area contributed by atoms with Gasteiger partial charge < -0.3 is 16.2 Å². The van der Waals surface area contributed by atoms with E-state index < -0.39 is 28.7 Å². The number of nitro benzene ring substituents is 1. The molecule has 0 saturated heterocycles. The van der Waals surface area contributed by atoms with Crippen LogP contribution in [0.5, 0.6) is 0 Å². The molecule has 0 spiro atoms. The Bertz CT molecular complexity index is 586. The third kappa shape index (κ3) is 4.90. The molecule has 1 rings (SSSR count). The lowest BCUT2D eigenvalue weighted by Crippen LogP contribution is -2.44. The fourth-order valence-electron chi connectivity index (χ4n) is 1.56. The summed E-state index contributed by atoms with van der Waals surface area (Å²) in [6.07, 6.45) is -0.506. The first-order chi connectivity index (χ1) is 9.81. The fourth-order valence-corrected chi connectivity index (χ4v) is 1.56. The van der Waals surface area contributed by atoms with E-state index in [0.29, 0.717) is 0 Å². The van der Waals surface area contributed by atoms with Crippen LogP contribution in [0.15, 0.2) is 24.3 Å². The van der Waals surface area contributed by atoms with Crippen LogP contribution in [0.4, 0.5) is 5.69 Å². The van der Waals surface area contributed by atoms with E-state index in [1.807, 2.05) is 0 Å². The van der Waals surface area contributed by atoms with E-state index in [0.717, 1.165) is 6.07 Å². The molecule has 0 saturated carbocycles. The number of carboxylic acid groups (broad SMARTS) is 1. The van der Waals surface area contributed by atoms with Crippen LogP contribution in [0.1, 0.15) is 23.2 Å². The molecule has 9 nitrogen and oxygen atoms in total. The van der Waals surface area contributed by atoms with Gasteiger partial charge in [-0.1, -0.05) is 6.07 Å². The number of rotatable bonds is 7. The van der Waals surface area contributed by atoms with Crippen molar-refractivity contribution in [2.75, 3.05) is 0 Å². The van der Waals surface area contributed by atoms with Gasteiger partial charge in [0.2, 0.25) is 5.91 Å². The quantitative estimate of drug-likeness (QED) is 0.477. The fraction of sp³-hybridized carbons (Fsp3) is 0.250. The van der Waals surface area contributed by atoms with Crippen molar-refractivity contribution in [1.29, 1.82) is 0 Å². The van der Waals surface area contributed by atoms with Gasteiger partial charge in [-0.2, -0.15) is 0 Å². The number of nitrogens with zero attached hydrogens (tertiary/aromatic N) is 1. The maximum atomic E-state index is 11.9. The van der Waals surface area contributed by atoms with Gasteiger partial charge in [-0.15, -0.1) is 0 Å². The van der Waals surface area contributed by atoms with E-state index >= 15 is 0 Å². The van der Waals surface area contributed by atoms with E-state index in [4.69, 9.17) is 10.8 Å². The minimum Gasteiger partial charge on any atom is -0.481 e. The zero-order valence-corrected chi connectivity index (χ0v) is 10.8. The summed E-state index contributed by atoms with van der Waals surface area (Å²) in [5.74, 6) is -2.76. The maximum Gasteiger partial charge on any atom is 0.303 e. The highest BCUT2D eigenvalue weighted by Gasteiger charge is 2.20. The first-order valence-corrected chi connectivity index (χ1v) is 5.87. The average molecular weight is 295 g/mol. The second-order valence-electron chi connectivity index (χ2n) is 4.17. The number of hydrogen-bond donors (Lipinski definition) is 3. The van der Waals surface area contributed by atoms with Gasteiger partial charge in [0, 0.05) is 24.1 Å². The lowest BCUT2D eigenvalue weighted by molar-refractivity contribution is -0.384. The number of carbonyl (C=O) groups excluding carboxylic acids is 2. The number of non-ortho nitro benzene ring substituents is 1. The number of carboxylic acids is 1. The van der Waals surface area contributed by atoms with Gasteiger partial charge in [-0.25, -0.2) is 0 Å². The van der Waals surface area contributed by atoms with E-state index in [-0.39, 0.29) is 24.1 Å². The van der Waals surface area contributed by atoms with Crippen LogP contribution in [-0.2, 0) is 9.59 Å². The Labute approximate surface area is 118 Å². The Morgan fingerprint density at radius 1 is 1.38 bits per heavy atom. The summed E-state index contributed by atoms with van der Waals surface area (Å²) >= 11 is 0. The lowest BCUT2D eigenvalue weighted by atomic mass is 10.1. The molecule has 112 valence electrons. The number of nitrogens with one attached hydrogen (secondary N) is 1. The zero-order chi connectivity index (χ0) is 16.0. The molecule has 0 unspecified atom stereocenters. The molecular weight excluding hydrogens is 282 g/mol. The Morgan fingerprint density at radius 3 is 2.57 bits per heavy atom. The summed E-state index contributed by atoms with van der Waals surface area (Å²) < 4.78 is 0. The number of amides is 2. The van der Waals surface area contributed by atoms with Crippen molar-refractivity contribution >= 4 is 23.5 Å². The summed E-state index contributed by atoms with van der Waals surface area (Å²) in [5, 5.41) is 21.4. The molecule has 1 atom stereocenters. The standard InChI is InChI=1S/C12H13N3O6/c13-11(18)9(4-5-10(16)17)14-12(19)7-2-1-3-8(6-7)15(20)21/h1-3,6,9H,4-5H2,(H2,13,18)(H,14,19)(H,16,17)/t9-/m0/s1. The van der Waals surface area contributed by atoms with Crippen molar-refractivity contribution in [2.45, 2.75) is 18.9 Å². The highest BCUT2D eigenvalue weighted by atomic mass is 16.6. The summed E-state index contributed by atoms with van der Waals surface area (Å²) in [4.78, 5) is 43.5. The summed E-state index contributed by atoms with van der Waals surface area (Å²) in [5.41, 5.74) is 4.78. The van der Waals surface area contributed by atoms with Crippen LogP contribution >= 0.6 is 0 Å². The van der Waals surface area contributed by atoms with Crippen molar-refractivity contribution in [1.82, 2.24) is 5.32 Å². The maximum absolute atomic E-state index is 11.9. The van der Waals surface area contributed by atoms with Crippen molar-refractivity contribution in [3.8, 4) is 0 Å². The number of nitrogens with two attached hydrogens (primary N) is 1. The molecule has 0 radical (unpaired) electrons. The Hall–Kier alpha value is -2.97. The predicted octanol–water partition coefficient (Wildman–Crippen LogP) is 0.0433. The second-order valence-corrected chi connectivity index (χ2v) is 4.17. The van der Waals surface area contributed by atoms with Crippen molar-refractivity contribution < 1.29 is 24.4 Å². The largest absolute Gasteiger partial charge is 0.481 e. The van der Waals surface area contributed by atoms with Crippen LogP contribution in [0.25, 0.3) is 0 Å². The van der Waals surface area contributed by atoms with Gasteiger partial charge in [0.1, 0.15) is 6.04 Å². The molecule has 0 aliphatic carbocycles. The molecule has 4 N–H and O–H groups in total. The molecule has 0 bridgehead atoms. The normalized spacial score (nSPS) is 11.4. The molecule has 0 aliphatic rings. The molecule has 0 aliphatic heterocycles. The third-order valence-corrected chi connectivity index (χ3v) is 2.61. The van der Waals surface area contributed by atoms with E-state index in [1.165, 1.54) is 18.2 Å². The lowest BCUT2D eigenvalue weighted by Gasteiger charge is -2.14. The molecule has 0 aromatic heterocycles. The molecule has 0 heterocycles. The average Bonchev–Trinajstić information content (AvgIpc) is 2.42. The summed E-state index contributed by atoms with van der Waals surface area (Å²) in [6, 6.07) is 3.76. The van der Waals surface area contributed by atoms with Crippen LogP contribution < -0.4 is 11.1 Å². The third-order valence-electron chi connectivity index (χ3n) is 2.61. The number of primary amides is 1.